The Morgan fingerprint density at radius 3 is 0.833 bits per heavy atom. The van der Waals surface area contributed by atoms with E-state index in [1.54, 1.807) is 170 Å². The molecule has 0 aliphatic carbocycles. The maximum Gasteiger partial charge on any atom is 0.261 e. The summed E-state index contributed by atoms with van der Waals surface area (Å²) in [7, 11) is 21.2. The molecule has 26 nitrogen and oxygen atoms in total. The van der Waals surface area contributed by atoms with Crippen LogP contribution in [0.2, 0.25) is 0 Å². The molecule has 0 radical (unpaired) electrons. The number of amides is 10. The summed E-state index contributed by atoms with van der Waals surface area (Å²) in [6.45, 7) is 20.4. The zero-order chi connectivity index (χ0) is 97.9. The number of benzene rings is 2. The van der Waals surface area contributed by atoms with Gasteiger partial charge in [0.25, 0.3) is 47.3 Å². The molecule has 0 saturated carbocycles. The molecule has 0 atom stereocenters. The van der Waals surface area contributed by atoms with Gasteiger partial charge in [-0.25, -0.2) is 9.97 Å². The minimum atomic E-state index is -0.227. The molecule has 10 aliphatic rings. The molecular formula is C104H90N16O10S6Se2. The Hall–Kier alpha value is -13.5. The zero-order valence-corrected chi connectivity index (χ0v) is 87.7. The Bertz CT molecular complexity index is 7620. The molecule has 22 heterocycles. The van der Waals surface area contributed by atoms with Gasteiger partial charge in [-0.15, -0.1) is 68.0 Å². The van der Waals surface area contributed by atoms with Crippen molar-refractivity contribution >= 4 is 253 Å². The van der Waals surface area contributed by atoms with Gasteiger partial charge in [-0.1, -0.05) is 35.4 Å². The number of thiazole rings is 2. The Balaban J connectivity index is 0.000000107. The quantitative estimate of drug-likeness (QED) is 0.115. The fourth-order valence-corrected chi connectivity index (χ4v) is 29.7. The van der Waals surface area contributed by atoms with E-state index < -0.39 is 0 Å². The van der Waals surface area contributed by atoms with Crippen LogP contribution in [0.15, 0.2) is 202 Å². The number of rotatable bonds is 10. The van der Waals surface area contributed by atoms with Gasteiger partial charge in [0.05, 0.1) is 123 Å². The van der Waals surface area contributed by atoms with Crippen molar-refractivity contribution in [3.05, 3.63) is 304 Å². The topological polar surface area (TPSA) is 265 Å². The van der Waals surface area contributed by atoms with E-state index in [0.717, 1.165) is 107 Å². The van der Waals surface area contributed by atoms with Gasteiger partial charge in [0.1, 0.15) is 10.0 Å². The summed E-state index contributed by atoms with van der Waals surface area (Å²) in [4.78, 5) is 172. The summed E-state index contributed by atoms with van der Waals surface area (Å²) in [5.74, 6) is -1.43. The Morgan fingerprint density at radius 1 is 0.239 bits per heavy atom. The van der Waals surface area contributed by atoms with Crippen molar-refractivity contribution in [2.45, 2.75) is 69.2 Å². The number of likely N-dealkylation sites (N-methyl/N-ethyl adjacent to an activating group) is 10. The summed E-state index contributed by atoms with van der Waals surface area (Å²) >= 11 is 10.1. The number of aromatic nitrogens is 6. The van der Waals surface area contributed by atoms with E-state index in [4.69, 9.17) is 0 Å². The monoisotopic (exact) mass is 2070 g/mol. The molecule has 0 spiro atoms. The van der Waals surface area contributed by atoms with Gasteiger partial charge in [-0.3, -0.25) is 48.3 Å². The second kappa shape index (κ2) is 34.3. The minimum Gasteiger partial charge on any atom is -0.347 e. The van der Waals surface area contributed by atoms with Crippen LogP contribution in [0.25, 0.3) is 97.3 Å². The molecule has 694 valence electrons. The average Bonchev–Trinajstić information content (AvgIpc) is 1.55. The summed E-state index contributed by atoms with van der Waals surface area (Å²) in [6, 6.07) is 40.9. The maximum absolute atomic E-state index is 13.5. The molecule has 10 amide bonds. The van der Waals surface area contributed by atoms with Crippen LogP contribution < -0.4 is 0 Å². The second-order valence-corrected chi connectivity index (χ2v) is 47.9. The number of fused-ring (bicyclic) bond motifs is 9. The zero-order valence-electron chi connectivity index (χ0n) is 79.4. The predicted octanol–water partition coefficient (Wildman–Crippen LogP) is 16.2. The molecule has 2 aromatic carbocycles. The smallest absolute Gasteiger partial charge is 0.261 e. The van der Waals surface area contributed by atoms with Gasteiger partial charge in [-0.05, 0) is 139 Å². The number of thiophene rings is 4. The van der Waals surface area contributed by atoms with Gasteiger partial charge in [-0.2, -0.15) is 0 Å². The first-order valence-electron chi connectivity index (χ1n) is 44.0. The third-order valence-electron chi connectivity index (χ3n) is 26.4. The van der Waals surface area contributed by atoms with Crippen molar-refractivity contribution in [3.63, 3.8) is 0 Å². The van der Waals surface area contributed by atoms with Crippen LogP contribution >= 0.6 is 68.0 Å². The molecule has 10 aliphatic heterocycles. The molecule has 0 bridgehead atoms. The van der Waals surface area contributed by atoms with E-state index in [1.807, 2.05) is 125 Å². The molecule has 138 heavy (non-hydrogen) atoms. The summed E-state index contributed by atoms with van der Waals surface area (Å²) in [5.41, 5.74) is 19.0. The molecule has 0 unspecified atom stereocenters. The average molecular weight is 2070 g/mol. The van der Waals surface area contributed by atoms with Gasteiger partial charge in [0.2, 0.25) is 0 Å². The number of hydrogen-bond donors (Lipinski definition) is 0. The fraction of sp³-hybridized carbons (Fsp3) is 0.212. The third-order valence-corrected chi connectivity index (χ3v) is 36.8. The van der Waals surface area contributed by atoms with Crippen LogP contribution in [0.1, 0.15) is 102 Å². The Labute approximate surface area is 830 Å². The molecular weight excluding hydrogens is 1980 g/mol. The number of hydrogen-bond acceptors (Lipinski definition) is 20. The Kier molecular flexibility index (Phi) is 22.9. The number of carbonyl (C=O) groups is 10. The maximum atomic E-state index is 13.5. The SMILES string of the molecule is Cc1cc2sc(C3=C4C(=O)N(C)C(c5cc6sc(C)cc6s5)=C4C(=O)N3C)cc2s1.Cc1ccc(C2=C3C(=O)N(C)C(c4ccc(C)[se]4)=C3C(=O)N2C)[se]1.Cc1ccc(C2=C3C(=O)N(C)C(c4ccc(C)n4C)=C3C(=O)N2C)n1C.Cc1ccc2cc(C3=C4C(=O)N(C)C(c5cc6ccc(C)cc6cn5)=C4C(=O)N3C)ncc2c1.Cc1cnc(C2=C3C(=O)N(C)C(c4ncc(C)s4)=C3C(=O)N2C)s1. The molecule has 34 heteroatoms. The van der Waals surface area contributed by atoms with Crippen LogP contribution in [0, 0.1) is 69.2 Å². The van der Waals surface area contributed by atoms with E-state index in [9.17, 15) is 47.9 Å². The van der Waals surface area contributed by atoms with Crippen LogP contribution in [-0.4, -0.2) is 237 Å². The van der Waals surface area contributed by atoms with Crippen LogP contribution in [0.5, 0.6) is 0 Å². The first-order valence-corrected chi connectivity index (χ1v) is 52.3. The van der Waals surface area contributed by atoms with E-state index in [-0.39, 0.29) is 88.1 Å². The van der Waals surface area contributed by atoms with Crippen molar-refractivity contribution in [2.24, 2.45) is 14.1 Å². The largest absolute Gasteiger partial charge is 0.347 e. The van der Waals surface area contributed by atoms with E-state index in [2.05, 4.69) is 108 Å². The van der Waals surface area contributed by atoms with Crippen molar-refractivity contribution in [2.75, 3.05) is 70.5 Å². The molecule has 12 aromatic heterocycles. The number of pyridine rings is 2. The fourth-order valence-electron chi connectivity index (χ4n) is 19.2. The first kappa shape index (κ1) is 92.2. The van der Waals surface area contributed by atoms with E-state index >= 15 is 0 Å². The van der Waals surface area contributed by atoms with Crippen LogP contribution in [0.4, 0.5) is 0 Å². The van der Waals surface area contributed by atoms with Crippen LogP contribution in [-0.2, 0) is 62.0 Å². The van der Waals surface area contributed by atoms with E-state index in [0.29, 0.717) is 111 Å². The second-order valence-electron chi connectivity index (χ2n) is 35.3. The number of carbonyl (C=O) groups excluding carboxylic acids is 10. The molecule has 14 aromatic rings. The first-order chi connectivity index (χ1) is 65.7. The predicted molar refractivity (Wildman–Crippen MR) is 549 cm³/mol. The minimum absolute atomic E-state index is 0.0600. The van der Waals surface area contributed by atoms with Gasteiger partial charge < -0.3 is 48.3 Å². The van der Waals surface area contributed by atoms with Crippen molar-refractivity contribution in [1.29, 1.82) is 0 Å². The number of aryl methyl sites for hydroxylation is 10. The van der Waals surface area contributed by atoms with Crippen molar-refractivity contribution < 1.29 is 47.9 Å². The third kappa shape index (κ3) is 14.6. The van der Waals surface area contributed by atoms with E-state index in [1.165, 1.54) is 79.7 Å². The molecule has 0 fully saturated rings. The van der Waals surface area contributed by atoms with Gasteiger partial charge in [0.15, 0.2) is 0 Å². The normalized spacial score (nSPS) is 17.1. The molecule has 0 N–H and O–H groups in total. The summed E-state index contributed by atoms with van der Waals surface area (Å²) < 4.78 is 13.7. The number of nitrogens with zero attached hydrogens (tertiary/aromatic N) is 16. The standard InChI is InChI=1S/C28H22N4O2.C22H16N2O2S4.C20H22N4O2.C18H16N2O2Se2.C16H14N4O2S2/c1-15-5-7-17-11-21(29-13-19(17)9-15)25-23-24(28(34)31(25)3)26(32(4)27(23)33)22-12-18-8-6-16(2)10-20(18)14-30-22;1-9-5-11-13(27-9)7-15(29-11)19-17-18(22(26)23(19)3)20(24(4)21(17)25)16-8-14-12(30-16)6-10(2)28-14;1-11-7-9-13(21(11)3)17-15-16(20(26)23(17)5)18(24(6)19(15)25)14-10-8-12(2)22(14)4;1-9-5-7-11(23-9)15-13-14(18(22)19(15)3)16(20(4)17(13)21)12-8-6-10(2)24-12;1-7-5-17-13(23-7)11-9-10(16(22)19(11)3)12(20(4)15(9)21)14-18-6-8(2)24-14/h5-14H,1-4H3;5-8H,1-4H3;7-10H,1-6H3;5-8H,1-4H3;5-6H,1-4H3. The Morgan fingerprint density at radius 2 is 0.529 bits per heavy atom. The van der Waals surface area contributed by atoms with Crippen molar-refractivity contribution in [3.8, 4) is 0 Å². The van der Waals surface area contributed by atoms with Crippen molar-refractivity contribution in [1.82, 2.24) is 78.1 Å². The molecule has 0 saturated heterocycles. The van der Waals surface area contributed by atoms with Gasteiger partial charge in [0, 0.05) is 156 Å². The summed E-state index contributed by atoms with van der Waals surface area (Å²) in [6.07, 6.45) is 7.09. The summed E-state index contributed by atoms with van der Waals surface area (Å²) in [5, 5.41) is 5.42. The van der Waals surface area contributed by atoms with Gasteiger partial charge >= 0.3 is 153 Å². The molecule has 24 rings (SSSR count). The van der Waals surface area contributed by atoms with Crippen LogP contribution in [0.3, 0.4) is 0 Å².